The summed E-state index contributed by atoms with van der Waals surface area (Å²) in [5.41, 5.74) is 2.36. The number of rotatable bonds is 16. The normalized spacial score (nSPS) is 12.7. The van der Waals surface area contributed by atoms with Gasteiger partial charge >= 0.3 is 0 Å². The maximum atomic E-state index is 16.0. The minimum absolute atomic E-state index is 0.0229. The molecule has 16 heteroatoms. The summed E-state index contributed by atoms with van der Waals surface area (Å²) in [5.74, 6) is -0.739. The Hall–Kier alpha value is -7.84. The number of hydrogen-bond donors (Lipinski definition) is 4. The van der Waals surface area contributed by atoms with Crippen molar-refractivity contribution in [2.45, 2.75) is 63.8 Å². The molecule has 0 aliphatic carbocycles. The van der Waals surface area contributed by atoms with E-state index < -0.39 is 28.6 Å². The Kier molecular flexibility index (Phi) is 18.5. The number of aromatic hydroxyl groups is 4. The number of hydrogen-bond acceptors (Lipinski definition) is 12. The SMILES string of the molecule is O=P(Cc1cc2c(O)c(c1)Sc1cc(CP(=O)(c3ccccc3)c3ccccc3)cc(c1O)Sc1cc(CP(=O)(c3ccccc3)c3ccccc3)cc(c1O)Sc1cc(CP(=O)(c3ccccc3)c3ccccc3)cc(c1O)S2)(c1ccccc1)c1ccccc1. The van der Waals surface area contributed by atoms with Crippen molar-refractivity contribution in [1.29, 1.82) is 0 Å². The van der Waals surface area contributed by atoms with E-state index >= 15 is 18.3 Å². The molecule has 1 aliphatic rings. The molecule has 1 aliphatic heterocycles. The fourth-order valence-electron chi connectivity index (χ4n) is 11.7. The Balaban J connectivity index is 1.05. The first kappa shape index (κ1) is 62.9. The molecule has 12 aromatic rings. The summed E-state index contributed by atoms with van der Waals surface area (Å²) >= 11 is 4.32. The highest BCUT2D eigenvalue weighted by Crippen LogP contribution is 2.59. The minimum Gasteiger partial charge on any atom is -0.506 e. The quantitative estimate of drug-likeness (QED) is 0.0682. The van der Waals surface area contributed by atoms with E-state index in [1.54, 1.807) is 48.5 Å². The van der Waals surface area contributed by atoms with Crippen molar-refractivity contribution in [1.82, 2.24) is 0 Å². The van der Waals surface area contributed by atoms with Crippen LogP contribution in [0, 0.1) is 0 Å². The zero-order chi connectivity index (χ0) is 63.5. The van der Waals surface area contributed by atoms with Crippen molar-refractivity contribution in [2.75, 3.05) is 0 Å². The van der Waals surface area contributed by atoms with Crippen LogP contribution in [-0.4, -0.2) is 20.4 Å². The van der Waals surface area contributed by atoms with Crippen molar-refractivity contribution in [3.63, 3.8) is 0 Å². The molecule has 456 valence electrons. The first-order valence-corrected chi connectivity index (χ1v) is 40.5. The summed E-state index contributed by atoms with van der Waals surface area (Å²) in [6.45, 7) is 0. The summed E-state index contributed by atoms with van der Waals surface area (Å²) in [7, 11) is -13.9. The molecular weight excluding hydrogens is 1290 g/mol. The van der Waals surface area contributed by atoms with E-state index in [1.807, 2.05) is 243 Å². The Morgan fingerprint density at radius 1 is 0.207 bits per heavy atom. The molecule has 0 radical (unpaired) electrons. The maximum absolute atomic E-state index is 16.0. The van der Waals surface area contributed by atoms with E-state index in [0.717, 1.165) is 47.0 Å². The fraction of sp³-hybridized carbons (Fsp3) is 0.0526. The standard InChI is InChI=1S/C76H60O8P4S4/c77-73-65-41-53(49-85(81,57-25-9-1-10-26-57)58-27-11-2-12-28-58)42-66(73)90-68-44-55(51-87(83,61-33-17-5-18-34-61)62-35-19-6-20-36-62)46-70(75(68)79)92-72-48-56(52-88(84,63-37-21-7-22-38-63)64-39-23-8-24-40-64)47-71(76(72)80)91-69-45-54(43-67(89-65)74(69)78)50-86(82,59-29-13-3-14-30-59)60-31-15-4-16-32-60/h1-48,77-80H,49-52H2. The molecule has 92 heavy (non-hydrogen) atoms. The van der Waals surface area contributed by atoms with Gasteiger partial charge in [-0.2, -0.15) is 0 Å². The van der Waals surface area contributed by atoms with Crippen LogP contribution in [-0.2, 0) is 42.9 Å². The molecule has 4 N–H and O–H groups in total. The van der Waals surface area contributed by atoms with Gasteiger partial charge in [-0.25, -0.2) is 0 Å². The second-order valence-corrected chi connectivity index (χ2v) is 38.1. The predicted molar refractivity (Wildman–Crippen MR) is 383 cm³/mol. The average Bonchev–Trinajstić information content (AvgIpc) is 0.802. The van der Waals surface area contributed by atoms with Crippen LogP contribution in [0.25, 0.3) is 0 Å². The molecule has 0 amide bonds. The summed E-state index contributed by atoms with van der Waals surface area (Å²) in [6.07, 6.45) is 0.0916. The lowest BCUT2D eigenvalue weighted by Gasteiger charge is -2.23. The van der Waals surface area contributed by atoms with Crippen LogP contribution in [0.15, 0.2) is 330 Å². The third-order valence-corrected chi connectivity index (χ3v) is 32.8. The third-order valence-electron chi connectivity index (χ3n) is 16.3. The first-order valence-electron chi connectivity index (χ1n) is 29.6. The number of fused-ring (bicyclic) bond motifs is 8. The van der Waals surface area contributed by atoms with Gasteiger partial charge in [0.2, 0.25) is 0 Å². The second-order valence-electron chi connectivity index (χ2n) is 22.4. The molecule has 12 aromatic carbocycles. The lowest BCUT2D eigenvalue weighted by Crippen LogP contribution is -2.17. The van der Waals surface area contributed by atoms with Gasteiger partial charge in [0.25, 0.3) is 0 Å². The molecule has 1 heterocycles. The number of phenolic OH excluding ortho intramolecular Hbond substituents is 4. The highest BCUT2D eigenvalue weighted by molar-refractivity contribution is 8.01. The van der Waals surface area contributed by atoms with E-state index in [1.165, 1.54) is 0 Å². The fourth-order valence-corrected chi connectivity index (χ4v) is 26.9. The Bertz CT molecular complexity index is 3980. The summed E-state index contributed by atoms with van der Waals surface area (Å²) < 4.78 is 64.2. The van der Waals surface area contributed by atoms with E-state index in [0.29, 0.717) is 64.7 Å². The predicted octanol–water partition coefficient (Wildman–Crippen LogP) is 17.5. The van der Waals surface area contributed by atoms with Gasteiger partial charge in [-0.1, -0.05) is 290 Å². The third kappa shape index (κ3) is 13.0. The van der Waals surface area contributed by atoms with Gasteiger partial charge < -0.3 is 38.7 Å². The monoisotopic (exact) mass is 1350 g/mol. The van der Waals surface area contributed by atoms with Crippen molar-refractivity contribution in [2.24, 2.45) is 0 Å². The van der Waals surface area contributed by atoms with Crippen molar-refractivity contribution in [3.8, 4) is 23.0 Å². The van der Waals surface area contributed by atoms with Crippen molar-refractivity contribution in [3.05, 3.63) is 313 Å². The maximum Gasteiger partial charge on any atom is 0.147 e. The topological polar surface area (TPSA) is 149 Å². The van der Waals surface area contributed by atoms with Gasteiger partial charge in [0.15, 0.2) is 0 Å². The average molecular weight is 1350 g/mol. The summed E-state index contributed by atoms with van der Waals surface area (Å²) in [4.78, 5) is 2.30. The van der Waals surface area contributed by atoms with E-state index in [4.69, 9.17) is 0 Å². The highest BCUT2D eigenvalue weighted by atomic mass is 32.2. The van der Waals surface area contributed by atoms with Crippen LogP contribution in [0.3, 0.4) is 0 Å². The lowest BCUT2D eigenvalue weighted by atomic mass is 10.2. The highest BCUT2D eigenvalue weighted by Gasteiger charge is 2.35. The van der Waals surface area contributed by atoms with E-state index in [2.05, 4.69) is 0 Å². The molecule has 0 atom stereocenters. The Morgan fingerprint density at radius 2 is 0.326 bits per heavy atom. The Labute approximate surface area is 552 Å². The molecular formula is C76H60O8P4S4. The van der Waals surface area contributed by atoms with Gasteiger partial charge in [-0.05, 0) is 70.8 Å². The van der Waals surface area contributed by atoms with E-state index in [-0.39, 0.29) is 86.8 Å². The van der Waals surface area contributed by atoms with Gasteiger partial charge in [0.1, 0.15) is 51.6 Å². The molecule has 0 spiro atoms. The summed E-state index contributed by atoms with van der Waals surface area (Å²) in [5, 5.41) is 56.9. The number of benzene rings is 12. The Morgan fingerprint density at radius 3 is 0.446 bits per heavy atom. The number of phenols is 4. The van der Waals surface area contributed by atoms with Crippen LogP contribution in [0.1, 0.15) is 22.3 Å². The zero-order valence-electron chi connectivity index (χ0n) is 49.4. The molecule has 8 nitrogen and oxygen atoms in total. The molecule has 13 rings (SSSR count). The summed E-state index contributed by atoms with van der Waals surface area (Å²) in [6, 6.07) is 89.0. The van der Waals surface area contributed by atoms with E-state index in [9.17, 15) is 20.4 Å². The van der Waals surface area contributed by atoms with Crippen LogP contribution >= 0.6 is 75.6 Å². The smallest absolute Gasteiger partial charge is 0.147 e. The van der Waals surface area contributed by atoms with Gasteiger partial charge in [-0.15, -0.1) is 0 Å². The molecule has 0 saturated carbocycles. The molecule has 0 saturated heterocycles. The lowest BCUT2D eigenvalue weighted by molar-refractivity contribution is 0.443. The van der Waals surface area contributed by atoms with Gasteiger partial charge in [-0.3, -0.25) is 0 Å². The largest absolute Gasteiger partial charge is 0.506 e. The first-order chi connectivity index (χ1) is 44.7. The molecule has 8 bridgehead atoms. The molecule has 0 fully saturated rings. The van der Waals surface area contributed by atoms with Crippen LogP contribution < -0.4 is 42.4 Å². The van der Waals surface area contributed by atoms with Crippen molar-refractivity contribution < 1.29 is 38.7 Å². The van der Waals surface area contributed by atoms with Gasteiger partial charge in [0, 0.05) is 67.1 Å². The van der Waals surface area contributed by atoms with Crippen molar-refractivity contribution >= 4 is 118 Å². The van der Waals surface area contributed by atoms with Crippen LogP contribution in [0.2, 0.25) is 0 Å². The minimum atomic E-state index is -3.48. The molecule has 0 aromatic heterocycles. The van der Waals surface area contributed by atoms with Crippen LogP contribution in [0.4, 0.5) is 0 Å². The van der Waals surface area contributed by atoms with Crippen LogP contribution in [0.5, 0.6) is 23.0 Å². The zero-order valence-corrected chi connectivity index (χ0v) is 56.2. The second kappa shape index (κ2) is 27.0. The molecule has 0 unspecified atom stereocenters. The van der Waals surface area contributed by atoms with Gasteiger partial charge in [0.05, 0.1) is 39.2 Å².